The van der Waals surface area contributed by atoms with Crippen molar-refractivity contribution in [3.8, 4) is 0 Å². The van der Waals surface area contributed by atoms with E-state index in [0.717, 1.165) is 6.42 Å². The number of rotatable bonds is 2. The fourth-order valence-corrected chi connectivity index (χ4v) is 3.73. The molecule has 2 heteroatoms. The number of hydrogen-bond donors (Lipinski definition) is 1. The molecule has 2 aliphatic rings. The highest BCUT2D eigenvalue weighted by atomic mass is 15.2. The van der Waals surface area contributed by atoms with Gasteiger partial charge in [0.2, 0.25) is 0 Å². The van der Waals surface area contributed by atoms with Crippen LogP contribution < -0.4 is 10.2 Å². The molecule has 0 bridgehead atoms. The van der Waals surface area contributed by atoms with Gasteiger partial charge in [-0.05, 0) is 43.9 Å². The average Bonchev–Trinajstić information content (AvgIpc) is 3.00. The molecule has 1 unspecified atom stereocenters. The maximum Gasteiger partial charge on any atom is 0.0428 e. The van der Waals surface area contributed by atoms with Crippen molar-refractivity contribution in [2.24, 2.45) is 5.41 Å². The van der Waals surface area contributed by atoms with Gasteiger partial charge >= 0.3 is 0 Å². The molecule has 3 rings (SSSR count). The first-order valence-corrected chi connectivity index (χ1v) is 7.28. The summed E-state index contributed by atoms with van der Waals surface area (Å²) in [6, 6.07) is 6.74. The first kappa shape index (κ1) is 12.0. The van der Waals surface area contributed by atoms with Crippen molar-refractivity contribution in [2.45, 2.75) is 33.1 Å². The maximum absolute atomic E-state index is 3.54. The number of aryl methyl sites for hydroxylation is 2. The van der Waals surface area contributed by atoms with Gasteiger partial charge in [-0.2, -0.15) is 0 Å². The Balaban J connectivity index is 1.88. The van der Waals surface area contributed by atoms with E-state index in [0.29, 0.717) is 5.41 Å². The van der Waals surface area contributed by atoms with Crippen LogP contribution in [0.15, 0.2) is 18.2 Å². The Morgan fingerprint density at radius 1 is 1.33 bits per heavy atom. The van der Waals surface area contributed by atoms with Gasteiger partial charge in [0, 0.05) is 30.7 Å². The minimum absolute atomic E-state index is 0.563. The van der Waals surface area contributed by atoms with E-state index in [2.05, 4.69) is 42.3 Å². The van der Waals surface area contributed by atoms with Gasteiger partial charge in [0.05, 0.1) is 0 Å². The third-order valence-corrected chi connectivity index (χ3v) is 4.79. The number of nitrogens with one attached hydrogen (secondary N) is 1. The lowest BCUT2D eigenvalue weighted by Crippen LogP contribution is -2.29. The van der Waals surface area contributed by atoms with E-state index < -0.39 is 0 Å². The van der Waals surface area contributed by atoms with Gasteiger partial charge in [0.1, 0.15) is 0 Å². The second-order valence-electron chi connectivity index (χ2n) is 6.03. The number of anilines is 1. The van der Waals surface area contributed by atoms with Crippen molar-refractivity contribution in [3.63, 3.8) is 0 Å². The lowest BCUT2D eigenvalue weighted by Gasteiger charge is -2.27. The standard InChI is InChI=1S/C16H24N2/c1-3-14-6-4-5-13(2)15(14)18-10-8-16(12-18)7-9-17-11-16/h4-6,17H,3,7-12H2,1-2H3. The Kier molecular flexibility index (Phi) is 3.06. The molecule has 1 aromatic rings. The molecular weight excluding hydrogens is 220 g/mol. The first-order chi connectivity index (χ1) is 8.74. The molecule has 2 aliphatic heterocycles. The number of hydrogen-bond acceptors (Lipinski definition) is 2. The van der Waals surface area contributed by atoms with E-state index in [4.69, 9.17) is 0 Å². The molecule has 1 aromatic carbocycles. The Hall–Kier alpha value is -1.02. The summed E-state index contributed by atoms with van der Waals surface area (Å²) in [4.78, 5) is 2.64. The molecule has 0 amide bonds. The van der Waals surface area contributed by atoms with Crippen LogP contribution in [0.2, 0.25) is 0 Å². The third kappa shape index (κ3) is 1.93. The summed E-state index contributed by atoms with van der Waals surface area (Å²) in [5, 5.41) is 3.54. The van der Waals surface area contributed by atoms with Crippen molar-refractivity contribution in [1.82, 2.24) is 5.32 Å². The third-order valence-electron chi connectivity index (χ3n) is 4.79. The highest BCUT2D eigenvalue weighted by Crippen LogP contribution is 2.40. The van der Waals surface area contributed by atoms with Crippen LogP contribution in [0.1, 0.15) is 30.9 Å². The van der Waals surface area contributed by atoms with Crippen LogP contribution in [0, 0.1) is 12.3 Å². The zero-order chi connectivity index (χ0) is 12.6. The number of benzene rings is 1. The number of nitrogens with zero attached hydrogens (tertiary/aromatic N) is 1. The van der Waals surface area contributed by atoms with E-state index in [-0.39, 0.29) is 0 Å². The van der Waals surface area contributed by atoms with Gasteiger partial charge in [0.15, 0.2) is 0 Å². The van der Waals surface area contributed by atoms with Crippen molar-refractivity contribution < 1.29 is 0 Å². The summed E-state index contributed by atoms with van der Waals surface area (Å²) in [6.07, 6.45) is 3.85. The average molecular weight is 244 g/mol. The molecule has 1 spiro atoms. The molecular formula is C16H24N2. The van der Waals surface area contributed by atoms with Crippen molar-refractivity contribution >= 4 is 5.69 Å². The predicted octanol–water partition coefficient (Wildman–Crippen LogP) is 2.75. The molecule has 0 radical (unpaired) electrons. The molecule has 0 aromatic heterocycles. The van der Waals surface area contributed by atoms with Gasteiger partial charge < -0.3 is 10.2 Å². The molecule has 2 saturated heterocycles. The van der Waals surface area contributed by atoms with E-state index in [1.165, 1.54) is 55.8 Å². The Bertz CT molecular complexity index is 433. The first-order valence-electron chi connectivity index (χ1n) is 7.28. The summed E-state index contributed by atoms with van der Waals surface area (Å²) >= 11 is 0. The second-order valence-corrected chi connectivity index (χ2v) is 6.03. The minimum Gasteiger partial charge on any atom is -0.370 e. The van der Waals surface area contributed by atoms with Crippen molar-refractivity contribution in [2.75, 3.05) is 31.1 Å². The lowest BCUT2D eigenvalue weighted by molar-refractivity contribution is 0.369. The van der Waals surface area contributed by atoms with Crippen LogP contribution in [-0.4, -0.2) is 26.2 Å². The predicted molar refractivity (Wildman–Crippen MR) is 77.3 cm³/mol. The Morgan fingerprint density at radius 3 is 2.94 bits per heavy atom. The molecule has 0 aliphatic carbocycles. The van der Waals surface area contributed by atoms with Crippen LogP contribution in [-0.2, 0) is 6.42 Å². The highest BCUT2D eigenvalue weighted by Gasteiger charge is 2.40. The van der Waals surface area contributed by atoms with Crippen LogP contribution in [0.25, 0.3) is 0 Å². The summed E-state index contributed by atoms with van der Waals surface area (Å²) in [6.45, 7) is 9.43. The molecule has 1 atom stereocenters. The molecule has 18 heavy (non-hydrogen) atoms. The van der Waals surface area contributed by atoms with Crippen molar-refractivity contribution in [3.05, 3.63) is 29.3 Å². The van der Waals surface area contributed by atoms with Crippen LogP contribution in [0.5, 0.6) is 0 Å². The van der Waals surface area contributed by atoms with E-state index in [9.17, 15) is 0 Å². The fraction of sp³-hybridized carbons (Fsp3) is 0.625. The Morgan fingerprint density at radius 2 is 2.22 bits per heavy atom. The molecule has 1 N–H and O–H groups in total. The summed E-state index contributed by atoms with van der Waals surface area (Å²) in [5.41, 5.74) is 5.03. The maximum atomic E-state index is 3.54. The zero-order valence-electron chi connectivity index (χ0n) is 11.6. The van der Waals surface area contributed by atoms with Gasteiger partial charge in [-0.15, -0.1) is 0 Å². The van der Waals surface area contributed by atoms with E-state index >= 15 is 0 Å². The SMILES string of the molecule is CCc1cccc(C)c1N1CCC2(CCNC2)C1. The second kappa shape index (κ2) is 4.58. The zero-order valence-corrected chi connectivity index (χ0v) is 11.6. The topological polar surface area (TPSA) is 15.3 Å². The fourth-order valence-electron chi connectivity index (χ4n) is 3.73. The molecule has 0 saturated carbocycles. The van der Waals surface area contributed by atoms with Crippen LogP contribution >= 0.6 is 0 Å². The summed E-state index contributed by atoms with van der Waals surface area (Å²) < 4.78 is 0. The minimum atomic E-state index is 0.563. The largest absolute Gasteiger partial charge is 0.370 e. The Labute approximate surface area is 110 Å². The monoisotopic (exact) mass is 244 g/mol. The number of para-hydroxylation sites is 1. The van der Waals surface area contributed by atoms with Gasteiger partial charge in [0.25, 0.3) is 0 Å². The lowest BCUT2D eigenvalue weighted by atomic mass is 9.86. The molecule has 98 valence electrons. The smallest absolute Gasteiger partial charge is 0.0428 e. The van der Waals surface area contributed by atoms with Crippen LogP contribution in [0.3, 0.4) is 0 Å². The van der Waals surface area contributed by atoms with Crippen molar-refractivity contribution in [1.29, 1.82) is 0 Å². The van der Waals surface area contributed by atoms with Gasteiger partial charge in [-0.25, -0.2) is 0 Å². The van der Waals surface area contributed by atoms with Crippen LogP contribution in [0.4, 0.5) is 5.69 Å². The quantitative estimate of drug-likeness (QED) is 0.860. The summed E-state index contributed by atoms with van der Waals surface area (Å²) in [5.74, 6) is 0. The summed E-state index contributed by atoms with van der Waals surface area (Å²) in [7, 11) is 0. The van der Waals surface area contributed by atoms with Gasteiger partial charge in [-0.3, -0.25) is 0 Å². The van der Waals surface area contributed by atoms with E-state index in [1.54, 1.807) is 0 Å². The molecule has 2 fully saturated rings. The van der Waals surface area contributed by atoms with E-state index in [1.807, 2.05) is 0 Å². The molecule has 2 heterocycles. The molecule has 2 nitrogen and oxygen atoms in total. The highest BCUT2D eigenvalue weighted by molar-refractivity contribution is 5.60. The normalized spacial score (nSPS) is 27.3. The van der Waals surface area contributed by atoms with Gasteiger partial charge in [-0.1, -0.05) is 25.1 Å².